The van der Waals surface area contributed by atoms with Crippen molar-refractivity contribution in [1.29, 1.82) is 5.26 Å². The Hall–Kier alpha value is -2.42. The third-order valence-corrected chi connectivity index (χ3v) is 1.89. The largest absolute Gasteiger partial charge is 0.465 e. The van der Waals surface area contributed by atoms with Crippen molar-refractivity contribution in [3.8, 4) is 6.07 Å². The van der Waals surface area contributed by atoms with E-state index in [2.05, 4.69) is 4.74 Å². The number of nitriles is 1. The number of benzene rings is 1. The van der Waals surface area contributed by atoms with Crippen molar-refractivity contribution < 1.29 is 14.5 Å². The predicted molar refractivity (Wildman–Crippen MR) is 53.8 cm³/mol. The number of nitro groups is 1. The van der Waals surface area contributed by atoms with E-state index in [1.807, 2.05) is 6.07 Å². The molecule has 0 aromatic heterocycles. The molecule has 0 spiro atoms. The van der Waals surface area contributed by atoms with Crippen LogP contribution in [0.5, 0.6) is 0 Å². The number of non-ortho nitro benzene ring substituents is 1. The second-order valence-electron chi connectivity index (χ2n) is 2.97. The minimum atomic E-state index is -0.664. The molecule has 6 nitrogen and oxygen atoms in total. The van der Waals surface area contributed by atoms with Crippen LogP contribution in [-0.4, -0.2) is 18.0 Å². The highest BCUT2D eigenvalue weighted by Gasteiger charge is 2.14. The summed E-state index contributed by atoms with van der Waals surface area (Å²) in [4.78, 5) is 21.2. The lowest BCUT2D eigenvalue weighted by atomic mass is 10.1. The first kappa shape index (κ1) is 11.7. The van der Waals surface area contributed by atoms with E-state index in [9.17, 15) is 14.9 Å². The van der Waals surface area contributed by atoms with Crippen LogP contribution < -0.4 is 0 Å². The van der Waals surface area contributed by atoms with Crippen LogP contribution in [0.15, 0.2) is 18.2 Å². The average Bonchev–Trinajstić information content (AvgIpc) is 2.28. The van der Waals surface area contributed by atoms with Gasteiger partial charge in [0.05, 0.1) is 30.1 Å². The summed E-state index contributed by atoms with van der Waals surface area (Å²) in [6.07, 6.45) is 0.00563. The molecule has 0 aliphatic heterocycles. The molecule has 0 amide bonds. The summed E-state index contributed by atoms with van der Waals surface area (Å²) in [5, 5.41) is 19.1. The van der Waals surface area contributed by atoms with E-state index in [0.29, 0.717) is 5.56 Å². The zero-order valence-corrected chi connectivity index (χ0v) is 8.47. The van der Waals surface area contributed by atoms with Gasteiger partial charge in [0.25, 0.3) is 5.69 Å². The molecule has 0 aliphatic rings. The van der Waals surface area contributed by atoms with E-state index in [-0.39, 0.29) is 17.7 Å². The van der Waals surface area contributed by atoms with Crippen molar-refractivity contribution in [3.63, 3.8) is 0 Å². The summed E-state index contributed by atoms with van der Waals surface area (Å²) in [5.74, 6) is -0.664. The molecule has 0 bridgehead atoms. The van der Waals surface area contributed by atoms with Gasteiger partial charge in [0.2, 0.25) is 0 Å². The van der Waals surface area contributed by atoms with E-state index >= 15 is 0 Å². The number of hydrogen-bond acceptors (Lipinski definition) is 5. The Morgan fingerprint density at radius 3 is 2.75 bits per heavy atom. The van der Waals surface area contributed by atoms with Gasteiger partial charge in [-0.3, -0.25) is 10.1 Å². The monoisotopic (exact) mass is 220 g/mol. The fraction of sp³-hybridized carbons (Fsp3) is 0.200. The van der Waals surface area contributed by atoms with Gasteiger partial charge in [-0.25, -0.2) is 4.79 Å². The fourth-order valence-electron chi connectivity index (χ4n) is 1.21. The molecule has 1 aromatic rings. The van der Waals surface area contributed by atoms with Crippen molar-refractivity contribution >= 4 is 11.7 Å². The lowest BCUT2D eigenvalue weighted by Crippen LogP contribution is -2.03. The molecule has 0 saturated carbocycles. The zero-order valence-electron chi connectivity index (χ0n) is 8.47. The molecule has 16 heavy (non-hydrogen) atoms. The Bertz CT molecular complexity index is 476. The third-order valence-electron chi connectivity index (χ3n) is 1.89. The van der Waals surface area contributed by atoms with E-state index in [1.54, 1.807) is 0 Å². The predicted octanol–water partition coefficient (Wildman–Crippen LogP) is 1.45. The number of esters is 1. The number of methoxy groups -OCH3 is 1. The van der Waals surface area contributed by atoms with Crippen molar-refractivity contribution in [3.05, 3.63) is 39.4 Å². The highest BCUT2D eigenvalue weighted by atomic mass is 16.6. The van der Waals surface area contributed by atoms with Gasteiger partial charge in [-0.05, 0) is 11.6 Å². The average molecular weight is 220 g/mol. The van der Waals surface area contributed by atoms with Crippen LogP contribution in [0.3, 0.4) is 0 Å². The third kappa shape index (κ3) is 2.54. The van der Waals surface area contributed by atoms with Crippen LogP contribution in [0.4, 0.5) is 5.69 Å². The fourth-order valence-corrected chi connectivity index (χ4v) is 1.21. The van der Waals surface area contributed by atoms with Crippen LogP contribution in [0.1, 0.15) is 15.9 Å². The molecule has 6 heteroatoms. The Balaban J connectivity index is 3.24. The van der Waals surface area contributed by atoms with E-state index in [1.165, 1.54) is 19.2 Å². The first-order valence-corrected chi connectivity index (χ1v) is 4.32. The van der Waals surface area contributed by atoms with E-state index < -0.39 is 10.9 Å². The summed E-state index contributed by atoms with van der Waals surface area (Å²) in [6, 6.07) is 5.64. The molecular weight excluding hydrogens is 212 g/mol. The highest BCUT2D eigenvalue weighted by molar-refractivity contribution is 5.90. The molecule has 0 fully saturated rings. The Morgan fingerprint density at radius 2 is 2.25 bits per heavy atom. The number of hydrogen-bond donors (Lipinski definition) is 0. The molecule has 0 atom stereocenters. The first-order chi connectivity index (χ1) is 7.58. The zero-order chi connectivity index (χ0) is 12.1. The highest BCUT2D eigenvalue weighted by Crippen LogP contribution is 2.18. The topological polar surface area (TPSA) is 93.2 Å². The lowest BCUT2D eigenvalue weighted by molar-refractivity contribution is -0.384. The lowest BCUT2D eigenvalue weighted by Gasteiger charge is -2.01. The van der Waals surface area contributed by atoms with Crippen LogP contribution in [0, 0.1) is 21.4 Å². The standard InChI is InChI=1S/C10H8N2O4/c1-16-10(13)8-4-7(2-3-11)5-9(6-8)12(14)15/h4-6H,2H2,1H3. The number of carbonyl (C=O) groups excluding carboxylic acids is 1. The number of nitro benzene ring substituents is 1. The summed E-state index contributed by atoms with van der Waals surface area (Å²) in [6.45, 7) is 0. The quantitative estimate of drug-likeness (QED) is 0.436. The molecule has 0 N–H and O–H groups in total. The second kappa shape index (κ2) is 4.89. The maximum atomic E-state index is 11.2. The maximum Gasteiger partial charge on any atom is 0.338 e. The molecule has 0 aliphatic carbocycles. The van der Waals surface area contributed by atoms with Crippen molar-refractivity contribution in [2.45, 2.75) is 6.42 Å². The van der Waals surface area contributed by atoms with Gasteiger partial charge in [-0.15, -0.1) is 0 Å². The summed E-state index contributed by atoms with van der Waals surface area (Å²) in [7, 11) is 1.19. The van der Waals surface area contributed by atoms with Crippen LogP contribution in [-0.2, 0) is 11.2 Å². The van der Waals surface area contributed by atoms with Gasteiger partial charge in [0, 0.05) is 12.1 Å². The maximum absolute atomic E-state index is 11.2. The smallest absolute Gasteiger partial charge is 0.338 e. The normalized spacial score (nSPS) is 9.25. The van der Waals surface area contributed by atoms with Gasteiger partial charge in [-0.2, -0.15) is 5.26 Å². The molecule has 0 saturated heterocycles. The summed E-state index contributed by atoms with van der Waals surface area (Å²) >= 11 is 0. The number of rotatable bonds is 3. The number of carbonyl (C=O) groups is 1. The summed E-state index contributed by atoms with van der Waals surface area (Å²) in [5.41, 5.74) is 0.257. The van der Waals surface area contributed by atoms with Crippen molar-refractivity contribution in [2.24, 2.45) is 0 Å². The number of nitrogens with zero attached hydrogens (tertiary/aromatic N) is 2. The minimum absolute atomic E-state index is 0.00563. The molecule has 0 unspecified atom stereocenters. The molecule has 1 rings (SSSR count). The van der Waals surface area contributed by atoms with Gasteiger partial charge in [-0.1, -0.05) is 0 Å². The van der Waals surface area contributed by atoms with Gasteiger partial charge < -0.3 is 4.74 Å². The molecule has 1 aromatic carbocycles. The molecule has 82 valence electrons. The molecule has 0 heterocycles. The van der Waals surface area contributed by atoms with Gasteiger partial charge >= 0.3 is 5.97 Å². The first-order valence-electron chi connectivity index (χ1n) is 4.32. The van der Waals surface area contributed by atoms with Crippen LogP contribution >= 0.6 is 0 Å². The van der Waals surface area contributed by atoms with E-state index in [0.717, 1.165) is 6.07 Å². The van der Waals surface area contributed by atoms with Crippen LogP contribution in [0.2, 0.25) is 0 Å². The van der Waals surface area contributed by atoms with Gasteiger partial charge in [0.1, 0.15) is 0 Å². The molecular formula is C10H8N2O4. The van der Waals surface area contributed by atoms with Crippen molar-refractivity contribution in [2.75, 3.05) is 7.11 Å². The molecule has 0 radical (unpaired) electrons. The van der Waals surface area contributed by atoms with Gasteiger partial charge in [0.15, 0.2) is 0 Å². The van der Waals surface area contributed by atoms with Crippen LogP contribution in [0.25, 0.3) is 0 Å². The minimum Gasteiger partial charge on any atom is -0.465 e. The Kier molecular flexibility index (Phi) is 3.56. The SMILES string of the molecule is COC(=O)c1cc(CC#N)cc([N+](=O)[O-])c1. The van der Waals surface area contributed by atoms with E-state index in [4.69, 9.17) is 5.26 Å². The van der Waals surface area contributed by atoms with Crippen molar-refractivity contribution in [1.82, 2.24) is 0 Å². The Labute approximate surface area is 91.2 Å². The second-order valence-corrected chi connectivity index (χ2v) is 2.97. The Morgan fingerprint density at radius 1 is 1.56 bits per heavy atom. The summed E-state index contributed by atoms with van der Waals surface area (Å²) < 4.78 is 4.46. The number of ether oxygens (including phenoxy) is 1.